The molecule has 1 N–H and O–H groups in total. The van der Waals surface area contributed by atoms with Gasteiger partial charge in [0.05, 0.1) is 0 Å². The van der Waals surface area contributed by atoms with Crippen LogP contribution in [0.3, 0.4) is 0 Å². The first-order valence-corrected chi connectivity index (χ1v) is 7.28. The summed E-state index contributed by atoms with van der Waals surface area (Å²) in [5.74, 6) is 0.105. The van der Waals surface area contributed by atoms with Crippen LogP contribution < -0.4 is 4.98 Å². The molecule has 0 unspecified atom stereocenters. The lowest BCUT2D eigenvalue weighted by atomic mass is 10.3. The molecule has 0 aliphatic rings. The summed E-state index contributed by atoms with van der Waals surface area (Å²) in [6, 6.07) is 0. The van der Waals surface area contributed by atoms with E-state index in [0.717, 1.165) is 5.70 Å². The maximum atomic E-state index is 10.6. The van der Waals surface area contributed by atoms with Gasteiger partial charge in [-0.15, -0.1) is 0 Å². The second-order valence-electron chi connectivity index (χ2n) is 3.81. The zero-order chi connectivity index (χ0) is 9.07. The molecule has 0 saturated carbocycles. The van der Waals surface area contributed by atoms with Crippen molar-refractivity contribution in [2.75, 3.05) is 0 Å². The Balaban J connectivity index is 4.07. The molecule has 0 atom stereocenters. The van der Waals surface area contributed by atoms with Gasteiger partial charge in [-0.05, 0) is 19.9 Å². The van der Waals surface area contributed by atoms with Crippen molar-refractivity contribution in [3.05, 3.63) is 11.8 Å². The molecule has 0 spiro atoms. The van der Waals surface area contributed by atoms with Gasteiger partial charge in [0.1, 0.15) is 8.24 Å². The van der Waals surface area contributed by atoms with Crippen LogP contribution in [-0.4, -0.2) is 14.0 Å². The van der Waals surface area contributed by atoms with Crippen molar-refractivity contribution in [2.24, 2.45) is 0 Å². The third-order valence-electron chi connectivity index (χ3n) is 0.992. The maximum absolute atomic E-state index is 10.6. The van der Waals surface area contributed by atoms with Crippen molar-refractivity contribution in [3.8, 4) is 0 Å². The van der Waals surface area contributed by atoms with Crippen LogP contribution in [0.1, 0.15) is 13.8 Å². The van der Waals surface area contributed by atoms with Crippen molar-refractivity contribution < 1.29 is 4.79 Å². The molecule has 0 bridgehead atoms. The van der Waals surface area contributed by atoms with Crippen LogP contribution in [0, 0.1) is 0 Å². The Kier molecular flexibility index (Phi) is 3.52. The predicted octanol–water partition coefficient (Wildman–Crippen LogP) is 1.90. The minimum atomic E-state index is -1.26. The number of nitrogens with one attached hydrogen (secondary N) is 1. The molecule has 0 aromatic heterocycles. The topological polar surface area (TPSA) is 29.1 Å². The lowest BCUT2D eigenvalue weighted by Crippen LogP contribution is -2.39. The monoisotopic (exact) mass is 171 g/mol. The van der Waals surface area contributed by atoms with Crippen LogP contribution in [0.25, 0.3) is 0 Å². The standard InChI is InChI=1S/C8H17NOSi/c1-7(6-8(2)10)9-11(3,4)5/h6,9H,1-5H3. The molecular formula is C8H17NOSi. The summed E-state index contributed by atoms with van der Waals surface area (Å²) in [7, 11) is -1.26. The summed E-state index contributed by atoms with van der Waals surface area (Å²) >= 11 is 0. The number of hydrogen-bond donors (Lipinski definition) is 1. The van der Waals surface area contributed by atoms with Gasteiger partial charge in [-0.3, -0.25) is 4.79 Å². The van der Waals surface area contributed by atoms with E-state index < -0.39 is 8.24 Å². The molecule has 0 saturated heterocycles. The summed E-state index contributed by atoms with van der Waals surface area (Å²) in [4.78, 5) is 14.0. The summed E-state index contributed by atoms with van der Waals surface area (Å²) in [6.07, 6.45) is 1.64. The summed E-state index contributed by atoms with van der Waals surface area (Å²) in [6.45, 7) is 10.1. The van der Waals surface area contributed by atoms with Crippen LogP contribution in [0.15, 0.2) is 11.8 Å². The van der Waals surface area contributed by atoms with Crippen molar-refractivity contribution in [3.63, 3.8) is 0 Å². The number of carbonyl (C=O) groups is 1. The zero-order valence-corrected chi connectivity index (χ0v) is 8.99. The van der Waals surface area contributed by atoms with E-state index >= 15 is 0 Å². The van der Waals surface area contributed by atoms with E-state index in [4.69, 9.17) is 0 Å². The Morgan fingerprint density at radius 1 is 1.27 bits per heavy atom. The van der Waals surface area contributed by atoms with Gasteiger partial charge >= 0.3 is 0 Å². The minimum Gasteiger partial charge on any atom is -0.414 e. The Labute approximate surface area is 69.8 Å². The third-order valence-corrected chi connectivity index (χ3v) is 2.14. The molecule has 0 radical (unpaired) electrons. The van der Waals surface area contributed by atoms with Gasteiger partial charge in [0, 0.05) is 5.70 Å². The molecule has 0 heterocycles. The van der Waals surface area contributed by atoms with Gasteiger partial charge in [-0.1, -0.05) is 19.6 Å². The molecule has 0 aliphatic carbocycles. The Morgan fingerprint density at radius 2 is 1.73 bits per heavy atom. The SMILES string of the molecule is CC(=O)C=C(C)N[Si](C)(C)C. The predicted molar refractivity (Wildman–Crippen MR) is 50.9 cm³/mol. The van der Waals surface area contributed by atoms with E-state index in [2.05, 4.69) is 24.6 Å². The number of ketones is 1. The molecule has 0 aromatic carbocycles. The van der Waals surface area contributed by atoms with E-state index in [0.29, 0.717) is 0 Å². The highest BCUT2D eigenvalue weighted by Crippen LogP contribution is 1.99. The fourth-order valence-electron chi connectivity index (χ4n) is 0.932. The fourth-order valence-corrected chi connectivity index (χ4v) is 2.19. The highest BCUT2D eigenvalue weighted by Gasteiger charge is 2.11. The maximum Gasteiger partial charge on any atom is 0.154 e. The highest BCUT2D eigenvalue weighted by atomic mass is 28.3. The van der Waals surface area contributed by atoms with Crippen molar-refractivity contribution in [2.45, 2.75) is 33.5 Å². The number of rotatable bonds is 3. The molecule has 0 aliphatic heterocycles. The van der Waals surface area contributed by atoms with Crippen LogP contribution in [0.4, 0.5) is 0 Å². The van der Waals surface area contributed by atoms with Crippen LogP contribution in [-0.2, 0) is 4.79 Å². The summed E-state index contributed by atoms with van der Waals surface area (Å²) in [5, 5.41) is 0. The molecular weight excluding hydrogens is 154 g/mol. The van der Waals surface area contributed by atoms with E-state index in [9.17, 15) is 4.79 Å². The number of carbonyl (C=O) groups excluding carboxylic acids is 1. The van der Waals surface area contributed by atoms with Gasteiger partial charge in [0.15, 0.2) is 5.78 Å². The van der Waals surface area contributed by atoms with Gasteiger partial charge in [-0.2, -0.15) is 0 Å². The molecule has 0 amide bonds. The van der Waals surface area contributed by atoms with Crippen molar-refractivity contribution in [1.29, 1.82) is 0 Å². The average molecular weight is 171 g/mol. The first kappa shape index (κ1) is 10.4. The highest BCUT2D eigenvalue weighted by molar-refractivity contribution is 6.74. The molecule has 0 rings (SSSR count). The molecule has 0 aromatic rings. The number of hydrogen-bond acceptors (Lipinski definition) is 2. The summed E-state index contributed by atoms with van der Waals surface area (Å²) < 4.78 is 0. The normalized spacial score (nSPS) is 13.0. The van der Waals surface area contributed by atoms with Gasteiger partial charge in [0.2, 0.25) is 0 Å². The van der Waals surface area contributed by atoms with Crippen LogP contribution in [0.2, 0.25) is 19.6 Å². The van der Waals surface area contributed by atoms with Gasteiger partial charge in [-0.25, -0.2) is 0 Å². The second kappa shape index (κ2) is 3.71. The largest absolute Gasteiger partial charge is 0.414 e. The quantitative estimate of drug-likeness (QED) is 0.519. The smallest absolute Gasteiger partial charge is 0.154 e. The van der Waals surface area contributed by atoms with Crippen LogP contribution in [0.5, 0.6) is 0 Å². The molecule has 2 nitrogen and oxygen atoms in total. The first-order valence-electron chi connectivity index (χ1n) is 3.78. The van der Waals surface area contributed by atoms with Crippen LogP contribution >= 0.6 is 0 Å². The molecule has 64 valence electrons. The van der Waals surface area contributed by atoms with E-state index in [1.807, 2.05) is 6.92 Å². The van der Waals surface area contributed by atoms with Gasteiger partial charge < -0.3 is 4.98 Å². The molecule has 0 fully saturated rings. The molecule has 3 heteroatoms. The average Bonchev–Trinajstić information content (AvgIpc) is 1.53. The molecule has 11 heavy (non-hydrogen) atoms. The lowest BCUT2D eigenvalue weighted by molar-refractivity contribution is -0.112. The Bertz CT molecular complexity index is 179. The van der Waals surface area contributed by atoms with E-state index in [1.54, 1.807) is 13.0 Å². The minimum absolute atomic E-state index is 0.105. The third kappa shape index (κ3) is 7.32. The van der Waals surface area contributed by atoms with E-state index in [-0.39, 0.29) is 5.78 Å². The van der Waals surface area contributed by atoms with Crippen molar-refractivity contribution >= 4 is 14.0 Å². The fraction of sp³-hybridized carbons (Fsp3) is 0.625. The number of allylic oxidation sites excluding steroid dienone is 2. The van der Waals surface area contributed by atoms with E-state index in [1.165, 1.54) is 0 Å². The zero-order valence-electron chi connectivity index (χ0n) is 7.99. The van der Waals surface area contributed by atoms with Gasteiger partial charge in [0.25, 0.3) is 0 Å². The lowest BCUT2D eigenvalue weighted by Gasteiger charge is -2.19. The Morgan fingerprint density at radius 3 is 2.00 bits per heavy atom. The Hall–Kier alpha value is -0.573. The van der Waals surface area contributed by atoms with Crippen molar-refractivity contribution in [1.82, 2.24) is 4.98 Å². The summed E-state index contributed by atoms with van der Waals surface area (Å²) in [5.41, 5.74) is 0.983. The first-order chi connectivity index (χ1) is 4.81. The second-order valence-corrected chi connectivity index (χ2v) is 8.56.